The van der Waals surface area contributed by atoms with Gasteiger partial charge in [0.15, 0.2) is 0 Å². The van der Waals surface area contributed by atoms with E-state index in [1.807, 2.05) is 0 Å². The van der Waals surface area contributed by atoms with E-state index in [1.54, 1.807) is 0 Å². The minimum absolute atomic E-state index is 0.0784. The van der Waals surface area contributed by atoms with Crippen LogP contribution in [-0.4, -0.2) is 105 Å². The van der Waals surface area contributed by atoms with E-state index in [0.717, 1.165) is 103 Å². The van der Waals surface area contributed by atoms with E-state index in [1.165, 1.54) is 25.7 Å². The second-order valence-electron chi connectivity index (χ2n) is 16.7. The molecule has 1 unspecified atom stereocenters. The first-order chi connectivity index (χ1) is 29.2. The maximum atomic E-state index is 12.9. The number of carbonyl (C=O) groups excluding carboxylic acids is 5. The SMILES string of the molecule is CCCCCCCCCC(=O)OCC(COC(=O)CCCC(COC(=O)CCCCCCC)COC(=O)CCCCCCC)COC(=O)OCCCN(CCO)C1CCC1. The summed E-state index contributed by atoms with van der Waals surface area (Å²) in [6.45, 7) is 7.87. The Morgan fingerprint density at radius 3 is 1.30 bits per heavy atom. The van der Waals surface area contributed by atoms with Crippen molar-refractivity contribution in [1.82, 2.24) is 4.90 Å². The minimum Gasteiger partial charge on any atom is -0.465 e. The number of hydrogen-bond donors (Lipinski definition) is 1. The molecule has 0 aromatic heterocycles. The van der Waals surface area contributed by atoms with Gasteiger partial charge in [-0.25, -0.2) is 4.79 Å². The van der Waals surface area contributed by atoms with Crippen LogP contribution in [0.4, 0.5) is 4.79 Å². The second-order valence-corrected chi connectivity index (χ2v) is 16.7. The lowest BCUT2D eigenvalue weighted by Gasteiger charge is -2.37. The fourth-order valence-corrected chi connectivity index (χ4v) is 7.01. The number of unbranched alkanes of at least 4 members (excludes halogenated alkanes) is 14. The van der Waals surface area contributed by atoms with E-state index in [0.29, 0.717) is 57.7 Å². The van der Waals surface area contributed by atoms with Gasteiger partial charge in [-0.2, -0.15) is 0 Å². The molecule has 0 radical (unpaired) electrons. The third-order valence-corrected chi connectivity index (χ3v) is 11.1. The monoisotopic (exact) mass is 856 g/mol. The molecular weight excluding hydrogens is 771 g/mol. The highest BCUT2D eigenvalue weighted by atomic mass is 16.7. The van der Waals surface area contributed by atoms with E-state index < -0.39 is 18.0 Å². The van der Waals surface area contributed by atoms with Crippen molar-refractivity contribution in [3.63, 3.8) is 0 Å². The molecule has 0 aromatic carbocycles. The molecule has 60 heavy (non-hydrogen) atoms. The van der Waals surface area contributed by atoms with Gasteiger partial charge in [-0.05, 0) is 51.4 Å². The van der Waals surface area contributed by atoms with Crippen LogP contribution in [0, 0.1) is 11.8 Å². The number of ether oxygens (including phenoxy) is 6. The van der Waals surface area contributed by atoms with Crippen LogP contribution >= 0.6 is 0 Å². The van der Waals surface area contributed by atoms with Crippen molar-refractivity contribution in [3.8, 4) is 0 Å². The number of hydrogen-bond acceptors (Lipinski definition) is 13. The summed E-state index contributed by atoms with van der Waals surface area (Å²) in [7, 11) is 0. The number of nitrogens with zero attached hydrogens (tertiary/aromatic N) is 1. The van der Waals surface area contributed by atoms with Crippen LogP contribution in [0.3, 0.4) is 0 Å². The summed E-state index contributed by atoms with van der Waals surface area (Å²) in [6, 6.07) is 0.473. The Labute approximate surface area is 363 Å². The van der Waals surface area contributed by atoms with E-state index in [4.69, 9.17) is 28.4 Å². The lowest BCUT2D eigenvalue weighted by atomic mass is 9.91. The Hall–Kier alpha value is -2.93. The second kappa shape index (κ2) is 39.0. The molecule has 1 fully saturated rings. The summed E-state index contributed by atoms with van der Waals surface area (Å²) in [4.78, 5) is 65.0. The Morgan fingerprint density at radius 2 is 0.883 bits per heavy atom. The molecule has 1 aliphatic carbocycles. The average Bonchev–Trinajstić information content (AvgIpc) is 3.21. The highest BCUT2D eigenvalue weighted by molar-refractivity contribution is 5.70. The summed E-state index contributed by atoms with van der Waals surface area (Å²) in [5.74, 6) is -2.21. The molecule has 1 rings (SSSR count). The summed E-state index contributed by atoms with van der Waals surface area (Å²) >= 11 is 0. The molecule has 1 N–H and O–H groups in total. The Morgan fingerprint density at radius 1 is 0.483 bits per heavy atom. The smallest absolute Gasteiger partial charge is 0.465 e. The standard InChI is InChI=1S/C47H85NO12/c1-4-7-10-13-14-17-20-29-45(52)58-37-41(39-60-47(54)55-34-23-31-48(32-33-49)42-25-22-26-42)38-59-46(53)30-21-24-40(35-56-43(50)27-18-15-11-8-5-2)36-57-44(51)28-19-16-12-9-6-3/h40-42,49H,4-39H2,1-3H3. The summed E-state index contributed by atoms with van der Waals surface area (Å²) in [5.41, 5.74) is 0. The molecule has 0 aromatic rings. The fourth-order valence-electron chi connectivity index (χ4n) is 7.01. The van der Waals surface area contributed by atoms with Gasteiger partial charge < -0.3 is 33.5 Å². The lowest BCUT2D eigenvalue weighted by molar-refractivity contribution is -0.152. The van der Waals surface area contributed by atoms with E-state index in [2.05, 4.69) is 25.7 Å². The van der Waals surface area contributed by atoms with Crippen molar-refractivity contribution >= 4 is 30.0 Å². The number of esters is 4. The molecular formula is C47H85NO12. The van der Waals surface area contributed by atoms with Crippen LogP contribution in [0.25, 0.3) is 0 Å². The molecule has 1 saturated carbocycles. The van der Waals surface area contributed by atoms with Crippen LogP contribution < -0.4 is 0 Å². The zero-order valence-corrected chi connectivity index (χ0v) is 38.1. The summed E-state index contributed by atoms with van der Waals surface area (Å²) in [6.07, 6.45) is 22.9. The minimum atomic E-state index is -0.849. The van der Waals surface area contributed by atoms with Gasteiger partial charge in [0.1, 0.15) is 19.8 Å². The predicted octanol–water partition coefficient (Wildman–Crippen LogP) is 9.81. The third-order valence-electron chi connectivity index (χ3n) is 11.1. The van der Waals surface area contributed by atoms with Gasteiger partial charge in [0.2, 0.25) is 0 Å². The highest BCUT2D eigenvalue weighted by Gasteiger charge is 2.24. The number of aliphatic hydroxyl groups excluding tert-OH is 1. The molecule has 0 bridgehead atoms. The third kappa shape index (κ3) is 31.9. The lowest BCUT2D eigenvalue weighted by Crippen LogP contribution is -2.42. The van der Waals surface area contributed by atoms with Crippen LogP contribution in [0.2, 0.25) is 0 Å². The van der Waals surface area contributed by atoms with Gasteiger partial charge in [-0.1, -0.05) is 117 Å². The van der Waals surface area contributed by atoms with Gasteiger partial charge >= 0.3 is 30.0 Å². The van der Waals surface area contributed by atoms with Gasteiger partial charge in [-0.3, -0.25) is 24.1 Å². The molecule has 0 amide bonds. The maximum absolute atomic E-state index is 12.9. The molecule has 1 aliphatic rings. The highest BCUT2D eigenvalue weighted by Crippen LogP contribution is 2.24. The van der Waals surface area contributed by atoms with E-state index >= 15 is 0 Å². The van der Waals surface area contributed by atoms with Crippen molar-refractivity contribution in [2.75, 3.05) is 59.3 Å². The molecule has 0 heterocycles. The van der Waals surface area contributed by atoms with Gasteiger partial charge in [0, 0.05) is 50.7 Å². The van der Waals surface area contributed by atoms with Crippen molar-refractivity contribution in [2.45, 2.75) is 200 Å². The number of carbonyl (C=O) groups is 5. The van der Waals surface area contributed by atoms with E-state index in [-0.39, 0.29) is 76.5 Å². The topological polar surface area (TPSA) is 164 Å². The van der Waals surface area contributed by atoms with Gasteiger partial charge in [0.25, 0.3) is 0 Å². The van der Waals surface area contributed by atoms with Crippen molar-refractivity contribution in [2.24, 2.45) is 11.8 Å². The maximum Gasteiger partial charge on any atom is 0.508 e. The molecule has 13 heteroatoms. The van der Waals surface area contributed by atoms with E-state index in [9.17, 15) is 29.1 Å². The zero-order valence-electron chi connectivity index (χ0n) is 38.1. The summed E-state index contributed by atoms with van der Waals surface area (Å²) < 4.78 is 32.9. The molecule has 350 valence electrons. The Bertz CT molecular complexity index is 1070. The van der Waals surface area contributed by atoms with Crippen molar-refractivity contribution in [1.29, 1.82) is 0 Å². The van der Waals surface area contributed by atoms with Crippen LogP contribution in [0.15, 0.2) is 0 Å². The first-order valence-electron chi connectivity index (χ1n) is 24.0. The molecule has 0 aliphatic heterocycles. The average molecular weight is 856 g/mol. The molecule has 0 spiro atoms. The quantitative estimate of drug-likeness (QED) is 0.0351. The summed E-state index contributed by atoms with van der Waals surface area (Å²) in [5, 5.41) is 9.39. The number of aliphatic hydroxyl groups is 1. The number of rotatable bonds is 41. The van der Waals surface area contributed by atoms with Crippen LogP contribution in [0.1, 0.15) is 194 Å². The molecule has 1 atom stereocenters. The Kier molecular flexibility index (Phi) is 35.8. The van der Waals surface area contributed by atoms with Crippen molar-refractivity contribution < 1.29 is 57.5 Å². The van der Waals surface area contributed by atoms with Crippen LogP contribution in [0.5, 0.6) is 0 Å². The Balaban J connectivity index is 2.64. The van der Waals surface area contributed by atoms with Crippen molar-refractivity contribution in [3.05, 3.63) is 0 Å². The van der Waals surface area contributed by atoms with Gasteiger partial charge in [0.05, 0.1) is 32.3 Å². The first-order valence-corrected chi connectivity index (χ1v) is 24.0. The zero-order chi connectivity index (χ0) is 43.9. The first kappa shape index (κ1) is 55.1. The largest absolute Gasteiger partial charge is 0.508 e. The van der Waals surface area contributed by atoms with Gasteiger partial charge in [-0.15, -0.1) is 0 Å². The molecule has 13 nitrogen and oxygen atoms in total. The fraction of sp³-hybridized carbons (Fsp3) is 0.894. The normalized spacial score (nSPS) is 13.2. The predicted molar refractivity (Wildman–Crippen MR) is 232 cm³/mol. The van der Waals surface area contributed by atoms with Crippen LogP contribution in [-0.2, 0) is 47.6 Å². The molecule has 0 saturated heterocycles.